The molecule has 1 aromatic carbocycles. The lowest BCUT2D eigenvalue weighted by atomic mass is 10.0. The van der Waals surface area contributed by atoms with Crippen molar-refractivity contribution in [1.29, 1.82) is 0 Å². The number of fused-ring (bicyclic) bond motifs is 5. The standard InChI is InChI=1S/C15H16BrN3OS.CH2O2/c16-10-1-2-12-13(9-10)21-17-14(12)15(20)19-8-7-18-5-3-11(19)4-6-18;2-1-3/h1-2,9,11H,3-8H2;1H,(H,2,3). The first-order valence-electron chi connectivity index (χ1n) is 7.80. The molecule has 1 aromatic heterocycles. The Morgan fingerprint density at radius 1 is 1.29 bits per heavy atom. The van der Waals surface area contributed by atoms with Gasteiger partial charge in [0, 0.05) is 42.1 Å². The van der Waals surface area contributed by atoms with E-state index in [1.54, 1.807) is 0 Å². The zero-order valence-electron chi connectivity index (χ0n) is 13.0. The lowest BCUT2D eigenvalue weighted by Gasteiger charge is -2.31. The van der Waals surface area contributed by atoms with Gasteiger partial charge >= 0.3 is 0 Å². The number of rotatable bonds is 1. The number of benzene rings is 1. The SMILES string of the molecule is O=C(c1nsc2cc(Br)ccc12)N1CCN2CCC1CC2.O=CO. The van der Waals surface area contributed by atoms with E-state index in [0.29, 0.717) is 11.7 Å². The third-order valence-corrected chi connectivity index (χ3v) is 5.85. The molecule has 0 atom stereocenters. The first-order chi connectivity index (χ1) is 11.6. The van der Waals surface area contributed by atoms with Crippen molar-refractivity contribution in [2.45, 2.75) is 18.9 Å². The molecule has 128 valence electrons. The fraction of sp³-hybridized carbons (Fsp3) is 0.438. The molecular weight excluding hydrogens is 394 g/mol. The summed E-state index contributed by atoms with van der Waals surface area (Å²) in [6, 6.07) is 6.40. The van der Waals surface area contributed by atoms with Gasteiger partial charge in [-0.25, -0.2) is 0 Å². The summed E-state index contributed by atoms with van der Waals surface area (Å²) in [6.07, 6.45) is 2.19. The summed E-state index contributed by atoms with van der Waals surface area (Å²) in [7, 11) is 0. The minimum atomic E-state index is -0.250. The Kier molecular flexibility index (Phi) is 5.47. The molecule has 2 bridgehead atoms. The number of carbonyl (C=O) groups is 2. The number of piperidine rings is 1. The summed E-state index contributed by atoms with van der Waals surface area (Å²) in [5.74, 6) is 0.109. The fourth-order valence-electron chi connectivity index (χ4n) is 3.36. The van der Waals surface area contributed by atoms with Gasteiger partial charge in [0.15, 0.2) is 0 Å². The molecule has 0 spiro atoms. The van der Waals surface area contributed by atoms with Crippen molar-refractivity contribution >= 4 is 49.9 Å². The van der Waals surface area contributed by atoms with Gasteiger partial charge in [-0.1, -0.05) is 15.9 Å². The first-order valence-corrected chi connectivity index (χ1v) is 9.36. The molecule has 0 unspecified atom stereocenters. The predicted octanol–water partition coefficient (Wildman–Crippen LogP) is 2.68. The van der Waals surface area contributed by atoms with Crippen molar-refractivity contribution in [3.05, 3.63) is 28.4 Å². The highest BCUT2D eigenvalue weighted by Gasteiger charge is 2.33. The second-order valence-corrected chi connectivity index (χ2v) is 7.57. The van der Waals surface area contributed by atoms with Crippen LogP contribution in [0.2, 0.25) is 0 Å². The maximum Gasteiger partial charge on any atom is 0.290 e. The third kappa shape index (κ3) is 3.45. The molecule has 0 aliphatic carbocycles. The highest BCUT2D eigenvalue weighted by atomic mass is 79.9. The van der Waals surface area contributed by atoms with Crippen LogP contribution in [0.25, 0.3) is 10.1 Å². The van der Waals surface area contributed by atoms with Crippen LogP contribution in [0.4, 0.5) is 0 Å². The molecule has 1 amide bonds. The number of carbonyl (C=O) groups excluding carboxylic acids is 1. The number of amides is 1. The van der Waals surface area contributed by atoms with Crippen LogP contribution >= 0.6 is 27.5 Å². The van der Waals surface area contributed by atoms with Gasteiger partial charge in [0.1, 0.15) is 5.69 Å². The van der Waals surface area contributed by atoms with E-state index in [0.717, 1.165) is 53.6 Å². The van der Waals surface area contributed by atoms with Crippen molar-refractivity contribution in [2.75, 3.05) is 26.2 Å². The van der Waals surface area contributed by atoms with Crippen molar-refractivity contribution in [1.82, 2.24) is 14.2 Å². The van der Waals surface area contributed by atoms with Crippen molar-refractivity contribution in [3.63, 3.8) is 0 Å². The van der Waals surface area contributed by atoms with Crippen LogP contribution in [0.5, 0.6) is 0 Å². The van der Waals surface area contributed by atoms with E-state index in [1.807, 2.05) is 18.2 Å². The average molecular weight is 412 g/mol. The normalized spacial score (nSPS) is 22.6. The molecule has 8 heteroatoms. The number of hydrogen-bond donors (Lipinski definition) is 1. The van der Waals surface area contributed by atoms with Crippen molar-refractivity contribution in [3.8, 4) is 0 Å². The molecule has 3 fully saturated rings. The van der Waals surface area contributed by atoms with Gasteiger partial charge in [0.25, 0.3) is 12.4 Å². The number of carboxylic acid groups (broad SMARTS) is 1. The topological polar surface area (TPSA) is 73.7 Å². The quantitative estimate of drug-likeness (QED) is 0.730. The number of aromatic nitrogens is 1. The Morgan fingerprint density at radius 2 is 2.00 bits per heavy atom. The largest absolute Gasteiger partial charge is 0.483 e. The van der Waals surface area contributed by atoms with E-state index in [2.05, 4.69) is 30.1 Å². The Labute approximate surface area is 152 Å². The molecule has 3 aliphatic heterocycles. The lowest BCUT2D eigenvalue weighted by molar-refractivity contribution is -0.122. The van der Waals surface area contributed by atoms with E-state index in [4.69, 9.17) is 9.90 Å². The molecule has 3 saturated heterocycles. The van der Waals surface area contributed by atoms with Crippen molar-refractivity contribution < 1.29 is 14.7 Å². The van der Waals surface area contributed by atoms with Gasteiger partial charge < -0.3 is 14.9 Å². The summed E-state index contributed by atoms with van der Waals surface area (Å²) in [4.78, 5) is 25.8. The minimum Gasteiger partial charge on any atom is -0.483 e. The van der Waals surface area contributed by atoms with Crippen LogP contribution in [0.3, 0.4) is 0 Å². The second kappa shape index (κ2) is 7.58. The highest BCUT2D eigenvalue weighted by Crippen LogP contribution is 2.29. The van der Waals surface area contributed by atoms with Crippen LogP contribution in [-0.2, 0) is 4.79 Å². The smallest absolute Gasteiger partial charge is 0.290 e. The summed E-state index contributed by atoms with van der Waals surface area (Å²) in [5, 5.41) is 7.87. The Hall–Kier alpha value is -1.51. The predicted molar refractivity (Wildman–Crippen MR) is 96.5 cm³/mol. The lowest BCUT2D eigenvalue weighted by Crippen LogP contribution is -2.41. The number of halogens is 1. The highest BCUT2D eigenvalue weighted by molar-refractivity contribution is 9.10. The van der Waals surface area contributed by atoms with Gasteiger partial charge in [-0.05, 0) is 42.6 Å². The summed E-state index contributed by atoms with van der Waals surface area (Å²) in [6.45, 7) is 3.83. The maximum absolute atomic E-state index is 12.9. The minimum absolute atomic E-state index is 0.109. The van der Waals surface area contributed by atoms with Gasteiger partial charge in [-0.2, -0.15) is 4.37 Å². The summed E-state index contributed by atoms with van der Waals surface area (Å²) >= 11 is 4.88. The van der Waals surface area contributed by atoms with Gasteiger partial charge in [0.05, 0.1) is 4.70 Å². The van der Waals surface area contributed by atoms with Crippen LogP contribution in [-0.4, -0.2) is 63.9 Å². The second-order valence-electron chi connectivity index (χ2n) is 5.85. The van der Waals surface area contributed by atoms with Gasteiger partial charge in [-0.15, -0.1) is 0 Å². The molecule has 1 N–H and O–H groups in total. The van der Waals surface area contributed by atoms with Crippen LogP contribution in [0.1, 0.15) is 23.3 Å². The molecule has 6 nitrogen and oxygen atoms in total. The molecule has 0 radical (unpaired) electrons. The maximum atomic E-state index is 12.9. The number of nitrogens with zero attached hydrogens (tertiary/aromatic N) is 3. The molecule has 2 aromatic rings. The number of hydrogen-bond acceptors (Lipinski definition) is 5. The first kappa shape index (κ1) is 17.3. The molecule has 5 rings (SSSR count). The van der Waals surface area contributed by atoms with E-state index >= 15 is 0 Å². The zero-order chi connectivity index (χ0) is 17.1. The Morgan fingerprint density at radius 3 is 2.71 bits per heavy atom. The van der Waals surface area contributed by atoms with Crippen LogP contribution in [0, 0.1) is 0 Å². The van der Waals surface area contributed by atoms with Gasteiger partial charge in [-0.3, -0.25) is 9.59 Å². The third-order valence-electron chi connectivity index (χ3n) is 4.55. The Balaban J connectivity index is 0.000000526. The Bertz CT molecular complexity index is 743. The van der Waals surface area contributed by atoms with Crippen molar-refractivity contribution in [2.24, 2.45) is 0 Å². The van der Waals surface area contributed by atoms with Crippen LogP contribution in [0.15, 0.2) is 22.7 Å². The van der Waals surface area contributed by atoms with E-state index in [-0.39, 0.29) is 12.4 Å². The zero-order valence-corrected chi connectivity index (χ0v) is 15.4. The van der Waals surface area contributed by atoms with Gasteiger partial charge in [0.2, 0.25) is 0 Å². The fourth-order valence-corrected chi connectivity index (χ4v) is 4.68. The van der Waals surface area contributed by atoms with E-state index in [1.165, 1.54) is 11.5 Å². The summed E-state index contributed by atoms with van der Waals surface area (Å²) < 4.78 is 6.53. The van der Waals surface area contributed by atoms with E-state index in [9.17, 15) is 4.79 Å². The van der Waals surface area contributed by atoms with E-state index < -0.39 is 0 Å². The van der Waals surface area contributed by atoms with Crippen LogP contribution < -0.4 is 0 Å². The molecule has 3 aliphatic rings. The molecule has 24 heavy (non-hydrogen) atoms. The summed E-state index contributed by atoms with van der Waals surface area (Å²) in [5.41, 5.74) is 0.628. The molecule has 0 saturated carbocycles. The molecule has 4 heterocycles. The monoisotopic (exact) mass is 411 g/mol. The average Bonchev–Trinajstić information content (AvgIpc) is 2.76. The molecular formula is C16H18BrN3O3S.